The van der Waals surface area contributed by atoms with Crippen LogP contribution in [0.3, 0.4) is 0 Å². The number of carboxylic acid groups (broad SMARTS) is 1. The lowest BCUT2D eigenvalue weighted by atomic mass is 10.1. The molecule has 3 heteroatoms. The molecule has 1 heterocycles. The maximum atomic E-state index is 10.4. The van der Waals surface area contributed by atoms with Gasteiger partial charge in [-0.15, -0.1) is 0 Å². The second-order valence-electron chi connectivity index (χ2n) is 5.42. The average molecular weight is 292 g/mol. The SMILES string of the molecule is CC/C=C\C/C=C1\CC=C(CCCCCCCC(=O)O)O1. The maximum Gasteiger partial charge on any atom is 0.303 e. The Balaban J connectivity index is 2.02. The van der Waals surface area contributed by atoms with Crippen LogP contribution in [0.5, 0.6) is 0 Å². The van der Waals surface area contributed by atoms with Gasteiger partial charge in [0.15, 0.2) is 0 Å². The van der Waals surface area contributed by atoms with Gasteiger partial charge in [-0.1, -0.05) is 38.3 Å². The quantitative estimate of drug-likeness (QED) is 0.412. The highest BCUT2D eigenvalue weighted by atomic mass is 16.5. The van der Waals surface area contributed by atoms with Crippen LogP contribution in [0.25, 0.3) is 0 Å². The monoisotopic (exact) mass is 292 g/mol. The second-order valence-corrected chi connectivity index (χ2v) is 5.42. The molecule has 0 aromatic heterocycles. The number of ether oxygens (including phenoxy) is 1. The van der Waals surface area contributed by atoms with Crippen molar-refractivity contribution in [1.29, 1.82) is 0 Å². The number of allylic oxidation sites excluding steroid dienone is 5. The van der Waals surface area contributed by atoms with Crippen molar-refractivity contribution in [3.05, 3.63) is 35.8 Å². The van der Waals surface area contributed by atoms with E-state index in [-0.39, 0.29) is 0 Å². The van der Waals surface area contributed by atoms with E-state index < -0.39 is 5.97 Å². The predicted octanol–water partition coefficient (Wildman–Crippen LogP) is 5.35. The summed E-state index contributed by atoms with van der Waals surface area (Å²) in [6.45, 7) is 2.14. The van der Waals surface area contributed by atoms with E-state index in [4.69, 9.17) is 9.84 Å². The Bertz CT molecular complexity index is 391. The Morgan fingerprint density at radius 2 is 2.00 bits per heavy atom. The highest BCUT2D eigenvalue weighted by Gasteiger charge is 2.10. The summed E-state index contributed by atoms with van der Waals surface area (Å²) < 4.78 is 5.81. The fraction of sp³-hybridized carbons (Fsp3) is 0.611. The molecule has 0 aliphatic carbocycles. The van der Waals surface area contributed by atoms with Crippen LogP contribution in [0.1, 0.15) is 71.1 Å². The van der Waals surface area contributed by atoms with Gasteiger partial charge < -0.3 is 9.84 Å². The third kappa shape index (κ3) is 9.11. The standard InChI is InChI=1S/C18H28O3/c1-2-3-4-8-11-16-14-15-17(21-16)12-9-6-5-7-10-13-18(19)20/h3-4,11,15H,2,5-10,12-14H2,1H3,(H,19,20)/b4-3-,16-11+. The molecular formula is C18H28O3. The zero-order chi connectivity index (χ0) is 15.3. The lowest BCUT2D eigenvalue weighted by molar-refractivity contribution is -0.137. The van der Waals surface area contributed by atoms with E-state index in [2.05, 4.69) is 31.2 Å². The summed E-state index contributed by atoms with van der Waals surface area (Å²) in [6.07, 6.45) is 18.1. The minimum absolute atomic E-state index is 0.300. The van der Waals surface area contributed by atoms with Gasteiger partial charge in [0.1, 0.15) is 11.5 Å². The van der Waals surface area contributed by atoms with Crippen LogP contribution in [0.4, 0.5) is 0 Å². The molecular weight excluding hydrogens is 264 g/mol. The van der Waals surface area contributed by atoms with Gasteiger partial charge in [-0.05, 0) is 37.8 Å². The lowest BCUT2D eigenvalue weighted by Gasteiger charge is -2.05. The molecule has 0 amide bonds. The van der Waals surface area contributed by atoms with E-state index in [0.29, 0.717) is 6.42 Å². The highest BCUT2D eigenvalue weighted by Crippen LogP contribution is 2.25. The van der Waals surface area contributed by atoms with Gasteiger partial charge in [0.2, 0.25) is 0 Å². The van der Waals surface area contributed by atoms with Crippen molar-refractivity contribution < 1.29 is 14.6 Å². The Morgan fingerprint density at radius 1 is 1.24 bits per heavy atom. The number of unbranched alkanes of at least 4 members (excludes halogenated alkanes) is 4. The van der Waals surface area contributed by atoms with E-state index in [0.717, 1.165) is 69.3 Å². The van der Waals surface area contributed by atoms with Crippen LogP contribution in [0, 0.1) is 0 Å². The molecule has 1 N–H and O–H groups in total. The Labute approximate surface area is 128 Å². The summed E-state index contributed by atoms with van der Waals surface area (Å²) in [6, 6.07) is 0. The van der Waals surface area contributed by atoms with Crippen molar-refractivity contribution in [3.8, 4) is 0 Å². The molecule has 3 nitrogen and oxygen atoms in total. The molecule has 0 atom stereocenters. The zero-order valence-electron chi connectivity index (χ0n) is 13.1. The molecule has 0 radical (unpaired) electrons. The number of hydrogen-bond donors (Lipinski definition) is 1. The lowest BCUT2D eigenvalue weighted by Crippen LogP contribution is -1.93. The van der Waals surface area contributed by atoms with Crippen LogP contribution in [0.15, 0.2) is 35.8 Å². The van der Waals surface area contributed by atoms with E-state index in [1.807, 2.05) is 0 Å². The van der Waals surface area contributed by atoms with E-state index in [1.54, 1.807) is 0 Å². The van der Waals surface area contributed by atoms with Crippen LogP contribution in [-0.2, 0) is 9.53 Å². The molecule has 0 saturated carbocycles. The second kappa shape index (κ2) is 11.2. The first-order valence-electron chi connectivity index (χ1n) is 8.15. The minimum Gasteiger partial charge on any atom is -0.481 e. The Kier molecular flexibility index (Phi) is 9.34. The number of carboxylic acids is 1. The molecule has 0 fully saturated rings. The molecule has 0 aromatic carbocycles. The smallest absolute Gasteiger partial charge is 0.303 e. The van der Waals surface area contributed by atoms with Gasteiger partial charge in [0, 0.05) is 19.3 Å². The molecule has 21 heavy (non-hydrogen) atoms. The molecule has 1 rings (SSSR count). The van der Waals surface area contributed by atoms with Gasteiger partial charge >= 0.3 is 5.97 Å². The maximum absolute atomic E-state index is 10.4. The van der Waals surface area contributed by atoms with Crippen LogP contribution in [0.2, 0.25) is 0 Å². The van der Waals surface area contributed by atoms with Gasteiger partial charge in [0.05, 0.1) is 0 Å². The van der Waals surface area contributed by atoms with Gasteiger partial charge in [0.25, 0.3) is 0 Å². The van der Waals surface area contributed by atoms with Crippen LogP contribution >= 0.6 is 0 Å². The zero-order valence-corrected chi connectivity index (χ0v) is 13.1. The first-order valence-corrected chi connectivity index (χ1v) is 8.15. The molecule has 1 aliphatic rings. The first-order chi connectivity index (χ1) is 10.2. The molecule has 0 aromatic rings. The number of hydrogen-bond acceptors (Lipinski definition) is 2. The van der Waals surface area contributed by atoms with Crippen molar-refractivity contribution in [1.82, 2.24) is 0 Å². The number of rotatable bonds is 11. The van der Waals surface area contributed by atoms with E-state index in [9.17, 15) is 4.79 Å². The fourth-order valence-corrected chi connectivity index (χ4v) is 2.31. The summed E-state index contributed by atoms with van der Waals surface area (Å²) in [5, 5.41) is 8.54. The summed E-state index contributed by atoms with van der Waals surface area (Å²) in [5.74, 6) is 1.49. The average Bonchev–Trinajstić information content (AvgIpc) is 2.90. The van der Waals surface area contributed by atoms with E-state index in [1.165, 1.54) is 0 Å². The fourth-order valence-electron chi connectivity index (χ4n) is 2.31. The molecule has 0 bridgehead atoms. The van der Waals surface area contributed by atoms with Gasteiger partial charge in [-0.2, -0.15) is 0 Å². The first kappa shape index (κ1) is 17.5. The van der Waals surface area contributed by atoms with Gasteiger partial charge in [-0.25, -0.2) is 0 Å². The third-order valence-electron chi connectivity index (χ3n) is 3.49. The Hall–Kier alpha value is -1.51. The largest absolute Gasteiger partial charge is 0.481 e. The summed E-state index contributed by atoms with van der Waals surface area (Å²) in [5.41, 5.74) is 0. The number of carbonyl (C=O) groups is 1. The van der Waals surface area contributed by atoms with Crippen LogP contribution < -0.4 is 0 Å². The molecule has 0 saturated heterocycles. The van der Waals surface area contributed by atoms with Crippen LogP contribution in [-0.4, -0.2) is 11.1 Å². The van der Waals surface area contributed by atoms with Crippen molar-refractivity contribution in [2.24, 2.45) is 0 Å². The van der Waals surface area contributed by atoms with Crippen molar-refractivity contribution in [2.45, 2.75) is 71.1 Å². The minimum atomic E-state index is -0.687. The summed E-state index contributed by atoms with van der Waals surface area (Å²) in [7, 11) is 0. The number of aliphatic carboxylic acids is 1. The molecule has 1 aliphatic heterocycles. The van der Waals surface area contributed by atoms with Gasteiger partial charge in [-0.3, -0.25) is 4.79 Å². The summed E-state index contributed by atoms with van der Waals surface area (Å²) >= 11 is 0. The molecule has 0 unspecified atom stereocenters. The van der Waals surface area contributed by atoms with Crippen molar-refractivity contribution in [3.63, 3.8) is 0 Å². The topological polar surface area (TPSA) is 46.5 Å². The summed E-state index contributed by atoms with van der Waals surface area (Å²) in [4.78, 5) is 10.4. The van der Waals surface area contributed by atoms with E-state index >= 15 is 0 Å². The normalized spacial score (nSPS) is 16.4. The molecule has 0 spiro atoms. The highest BCUT2D eigenvalue weighted by molar-refractivity contribution is 5.66. The predicted molar refractivity (Wildman–Crippen MR) is 85.9 cm³/mol. The third-order valence-corrected chi connectivity index (χ3v) is 3.49. The van der Waals surface area contributed by atoms with Crippen molar-refractivity contribution >= 4 is 5.97 Å². The molecule has 118 valence electrons. The Morgan fingerprint density at radius 3 is 2.76 bits per heavy atom. The van der Waals surface area contributed by atoms with Crippen molar-refractivity contribution in [2.75, 3.05) is 0 Å².